The molecule has 1 aliphatic rings. The summed E-state index contributed by atoms with van der Waals surface area (Å²) in [4.78, 5) is 14.3. The minimum Gasteiger partial charge on any atom is -0.508 e. The van der Waals surface area contributed by atoms with Crippen LogP contribution in [0.15, 0.2) is 48.5 Å². The summed E-state index contributed by atoms with van der Waals surface area (Å²) in [5, 5.41) is 19.8. The summed E-state index contributed by atoms with van der Waals surface area (Å²) in [5.41, 5.74) is 3.19. The van der Waals surface area contributed by atoms with Crippen molar-refractivity contribution in [2.75, 3.05) is 13.2 Å². The topological polar surface area (TPSA) is 70.0 Å². The molecular weight excluding hydrogens is 330 g/mol. The highest BCUT2D eigenvalue weighted by Crippen LogP contribution is 2.23. The van der Waals surface area contributed by atoms with Gasteiger partial charge in [0.05, 0.1) is 25.7 Å². The fourth-order valence-corrected chi connectivity index (χ4v) is 3.24. The van der Waals surface area contributed by atoms with Crippen LogP contribution in [-0.2, 0) is 29.1 Å². The zero-order chi connectivity index (χ0) is 18.4. The van der Waals surface area contributed by atoms with E-state index in [2.05, 4.69) is 0 Å². The number of aromatic hydroxyl groups is 1. The first kappa shape index (κ1) is 18.4. The fraction of sp³-hybridized carbons (Fsp3) is 0.381. The number of aliphatic hydroxyl groups is 1. The van der Waals surface area contributed by atoms with Crippen molar-refractivity contribution in [2.45, 2.75) is 38.5 Å². The van der Waals surface area contributed by atoms with Crippen molar-refractivity contribution >= 4 is 5.91 Å². The summed E-state index contributed by atoms with van der Waals surface area (Å²) in [7, 11) is 0. The summed E-state index contributed by atoms with van der Waals surface area (Å²) in [6.45, 7) is 1.68. The van der Waals surface area contributed by atoms with Gasteiger partial charge in [0.25, 0.3) is 0 Å². The number of phenols is 1. The Bertz CT molecular complexity index is 732. The maximum absolute atomic E-state index is 12.5. The zero-order valence-corrected chi connectivity index (χ0v) is 14.8. The third-order valence-electron chi connectivity index (χ3n) is 4.61. The number of phenolic OH excluding ortho intramolecular Hbond substituents is 1. The second kappa shape index (κ2) is 8.83. The van der Waals surface area contributed by atoms with Crippen molar-refractivity contribution in [3.63, 3.8) is 0 Å². The number of carbonyl (C=O) groups is 1. The van der Waals surface area contributed by atoms with Crippen LogP contribution in [-0.4, -0.2) is 40.3 Å². The van der Waals surface area contributed by atoms with Crippen molar-refractivity contribution in [2.24, 2.45) is 0 Å². The molecule has 1 amide bonds. The smallest absolute Gasteiger partial charge is 0.225 e. The number of fused-ring (bicyclic) bond motifs is 1. The first-order valence-corrected chi connectivity index (χ1v) is 9.00. The van der Waals surface area contributed by atoms with Gasteiger partial charge in [-0.15, -0.1) is 0 Å². The van der Waals surface area contributed by atoms with Gasteiger partial charge in [-0.2, -0.15) is 0 Å². The number of hydrogen-bond donors (Lipinski definition) is 2. The van der Waals surface area contributed by atoms with E-state index in [1.807, 2.05) is 36.4 Å². The summed E-state index contributed by atoms with van der Waals surface area (Å²) >= 11 is 0. The highest BCUT2D eigenvalue weighted by atomic mass is 16.5. The molecule has 0 aliphatic carbocycles. The van der Waals surface area contributed by atoms with Crippen molar-refractivity contribution in [1.29, 1.82) is 0 Å². The van der Waals surface area contributed by atoms with Crippen LogP contribution in [0.4, 0.5) is 0 Å². The van der Waals surface area contributed by atoms with Gasteiger partial charge in [-0.05, 0) is 41.7 Å². The molecule has 0 saturated heterocycles. The van der Waals surface area contributed by atoms with E-state index < -0.39 is 6.10 Å². The molecule has 2 aromatic rings. The van der Waals surface area contributed by atoms with E-state index in [4.69, 9.17) is 4.74 Å². The van der Waals surface area contributed by atoms with Crippen LogP contribution in [0.1, 0.15) is 29.5 Å². The van der Waals surface area contributed by atoms with Crippen LogP contribution in [0.3, 0.4) is 0 Å². The highest BCUT2D eigenvalue weighted by Gasteiger charge is 2.21. The molecule has 0 bridgehead atoms. The van der Waals surface area contributed by atoms with Crippen LogP contribution in [0.25, 0.3) is 0 Å². The molecule has 0 radical (unpaired) electrons. The Morgan fingerprint density at radius 2 is 1.96 bits per heavy atom. The quantitative estimate of drug-likeness (QED) is 0.836. The predicted octanol–water partition coefficient (Wildman–Crippen LogP) is 2.63. The first-order chi connectivity index (χ1) is 12.6. The molecule has 138 valence electrons. The van der Waals surface area contributed by atoms with Crippen LogP contribution in [0.2, 0.25) is 0 Å². The Hall–Kier alpha value is -2.37. The lowest BCUT2D eigenvalue weighted by Crippen LogP contribution is -2.34. The number of hydrogen-bond acceptors (Lipinski definition) is 4. The van der Waals surface area contributed by atoms with Crippen molar-refractivity contribution < 1.29 is 19.7 Å². The Balaban J connectivity index is 1.49. The molecular formula is C21H25NO4. The summed E-state index contributed by atoms with van der Waals surface area (Å²) in [6, 6.07) is 15.1. The largest absolute Gasteiger partial charge is 0.508 e. The van der Waals surface area contributed by atoms with Gasteiger partial charge in [0, 0.05) is 13.1 Å². The number of carbonyl (C=O) groups excluding carboxylic acids is 1. The molecule has 2 N–H and O–H groups in total. The molecule has 1 heterocycles. The molecule has 1 unspecified atom stereocenters. The average molecular weight is 355 g/mol. The van der Waals surface area contributed by atoms with E-state index in [9.17, 15) is 15.0 Å². The zero-order valence-electron chi connectivity index (χ0n) is 14.8. The second-order valence-electron chi connectivity index (χ2n) is 6.73. The van der Waals surface area contributed by atoms with Gasteiger partial charge in [-0.3, -0.25) is 4.79 Å². The number of ether oxygens (including phenoxy) is 1. The number of nitrogens with zero attached hydrogens (tertiary/aromatic N) is 1. The Morgan fingerprint density at radius 3 is 2.77 bits per heavy atom. The van der Waals surface area contributed by atoms with Gasteiger partial charge >= 0.3 is 0 Å². The lowest BCUT2D eigenvalue weighted by molar-refractivity contribution is -0.134. The molecule has 0 spiro atoms. The second-order valence-corrected chi connectivity index (χ2v) is 6.73. The molecule has 26 heavy (non-hydrogen) atoms. The van der Waals surface area contributed by atoms with E-state index in [0.717, 1.165) is 24.0 Å². The Morgan fingerprint density at radius 1 is 1.15 bits per heavy atom. The fourth-order valence-electron chi connectivity index (χ4n) is 3.24. The number of amides is 1. The first-order valence-electron chi connectivity index (χ1n) is 9.00. The van der Waals surface area contributed by atoms with E-state index >= 15 is 0 Å². The van der Waals surface area contributed by atoms with Crippen molar-refractivity contribution in [1.82, 2.24) is 4.90 Å². The molecule has 1 atom stereocenters. The standard InChI is InChI=1S/C21H25NO4/c23-19-9-8-17-7-4-10-22(13-18(17)11-19)21(25)12-20(24)15-26-14-16-5-2-1-3-6-16/h1-3,5-6,8-9,11,20,23-24H,4,7,10,12-15H2. The van der Waals surface area contributed by atoms with Gasteiger partial charge in [0.1, 0.15) is 5.75 Å². The number of benzene rings is 2. The maximum Gasteiger partial charge on any atom is 0.225 e. The summed E-state index contributed by atoms with van der Waals surface area (Å²) in [6.07, 6.45) is 0.993. The third kappa shape index (κ3) is 5.07. The molecule has 5 heteroatoms. The Kier molecular flexibility index (Phi) is 6.26. The molecule has 0 aromatic heterocycles. The van der Waals surface area contributed by atoms with E-state index in [-0.39, 0.29) is 24.7 Å². The van der Waals surface area contributed by atoms with E-state index in [1.54, 1.807) is 17.0 Å². The molecule has 1 aliphatic heterocycles. The molecule has 3 rings (SSSR count). The molecule has 0 fully saturated rings. The minimum atomic E-state index is -0.821. The van der Waals surface area contributed by atoms with Gasteiger partial charge in [0.2, 0.25) is 5.91 Å². The van der Waals surface area contributed by atoms with Crippen LogP contribution in [0, 0.1) is 0 Å². The van der Waals surface area contributed by atoms with E-state index in [0.29, 0.717) is 19.7 Å². The number of aliphatic hydroxyl groups excluding tert-OH is 1. The monoisotopic (exact) mass is 355 g/mol. The SMILES string of the molecule is O=C(CC(O)COCc1ccccc1)N1CCCc2ccc(O)cc2C1. The molecule has 0 saturated carbocycles. The lowest BCUT2D eigenvalue weighted by Gasteiger charge is -2.22. The van der Waals surface area contributed by atoms with Gasteiger partial charge in [-0.1, -0.05) is 36.4 Å². The summed E-state index contributed by atoms with van der Waals surface area (Å²) in [5.74, 6) is 0.129. The van der Waals surface area contributed by atoms with Gasteiger partial charge in [-0.25, -0.2) is 0 Å². The van der Waals surface area contributed by atoms with E-state index in [1.165, 1.54) is 5.56 Å². The number of aryl methyl sites for hydroxylation is 1. The van der Waals surface area contributed by atoms with Gasteiger partial charge < -0.3 is 19.8 Å². The minimum absolute atomic E-state index is 0.0446. The maximum atomic E-state index is 12.5. The number of rotatable bonds is 6. The summed E-state index contributed by atoms with van der Waals surface area (Å²) < 4.78 is 5.51. The highest BCUT2D eigenvalue weighted by molar-refractivity contribution is 5.76. The van der Waals surface area contributed by atoms with Crippen molar-refractivity contribution in [3.05, 3.63) is 65.2 Å². The van der Waals surface area contributed by atoms with Crippen LogP contribution in [0.5, 0.6) is 5.75 Å². The molecule has 5 nitrogen and oxygen atoms in total. The lowest BCUT2D eigenvalue weighted by atomic mass is 10.0. The normalized spacial score (nSPS) is 15.2. The third-order valence-corrected chi connectivity index (χ3v) is 4.61. The predicted molar refractivity (Wildman–Crippen MR) is 98.6 cm³/mol. The van der Waals surface area contributed by atoms with Crippen LogP contribution >= 0.6 is 0 Å². The van der Waals surface area contributed by atoms with Gasteiger partial charge in [0.15, 0.2) is 0 Å². The molecule has 2 aromatic carbocycles. The average Bonchev–Trinajstić information content (AvgIpc) is 2.84. The van der Waals surface area contributed by atoms with Crippen molar-refractivity contribution in [3.8, 4) is 5.75 Å². The Labute approximate surface area is 153 Å². The van der Waals surface area contributed by atoms with Crippen LogP contribution < -0.4 is 0 Å².